The number of hydrogen-bond donors (Lipinski definition) is 2. The minimum Gasteiger partial charge on any atom is -0.306 e. The van der Waals surface area contributed by atoms with Gasteiger partial charge in [-0.05, 0) is 20.4 Å². The summed E-state index contributed by atoms with van der Waals surface area (Å²) in [7, 11) is 2.15. The van der Waals surface area contributed by atoms with Crippen LogP contribution < -0.4 is 5.32 Å². The fourth-order valence-electron chi connectivity index (χ4n) is 1.83. The molecule has 2 heterocycles. The smallest absolute Gasteiger partial charge is 0.188 e. The molecule has 2 rings (SSSR count). The minimum absolute atomic E-state index is 0.550. The van der Waals surface area contributed by atoms with Gasteiger partial charge >= 0.3 is 0 Å². The molecule has 0 spiro atoms. The van der Waals surface area contributed by atoms with Crippen LogP contribution in [0.15, 0.2) is 0 Å². The summed E-state index contributed by atoms with van der Waals surface area (Å²) in [5.74, 6) is 0.729. The Bertz CT molecular complexity index is 261. The van der Waals surface area contributed by atoms with Crippen LogP contribution in [0.2, 0.25) is 0 Å². The largest absolute Gasteiger partial charge is 0.306 e. The second-order valence-corrected chi connectivity index (χ2v) is 3.93. The molecular weight excluding hydrogens is 180 g/mol. The molecule has 1 fully saturated rings. The topological polar surface area (TPSA) is 69.7 Å². The number of nitrogens with one attached hydrogen (secondary N) is 2. The first-order valence-corrected chi connectivity index (χ1v) is 4.91. The van der Waals surface area contributed by atoms with E-state index in [-0.39, 0.29) is 0 Å². The van der Waals surface area contributed by atoms with Crippen molar-refractivity contribution in [2.75, 3.05) is 13.6 Å². The highest BCUT2D eigenvalue weighted by Crippen LogP contribution is 2.14. The Morgan fingerprint density at radius 1 is 1.64 bits per heavy atom. The number of aromatic nitrogens is 4. The third kappa shape index (κ3) is 2.08. The molecular formula is C8H16N6. The van der Waals surface area contributed by atoms with Crippen molar-refractivity contribution in [1.82, 2.24) is 30.8 Å². The number of hydrogen-bond acceptors (Lipinski definition) is 5. The summed E-state index contributed by atoms with van der Waals surface area (Å²) in [4.78, 5) is 2.36. The molecule has 1 aromatic heterocycles. The predicted octanol–water partition coefficient (Wildman–Crippen LogP) is -0.618. The van der Waals surface area contributed by atoms with Crippen molar-refractivity contribution in [3.05, 3.63) is 5.82 Å². The van der Waals surface area contributed by atoms with Crippen molar-refractivity contribution in [1.29, 1.82) is 0 Å². The minimum atomic E-state index is 0.550. The van der Waals surface area contributed by atoms with Crippen LogP contribution in [0.25, 0.3) is 0 Å². The molecule has 2 atom stereocenters. The van der Waals surface area contributed by atoms with Gasteiger partial charge in [-0.25, -0.2) is 0 Å². The van der Waals surface area contributed by atoms with Gasteiger partial charge < -0.3 is 10.2 Å². The van der Waals surface area contributed by atoms with Crippen LogP contribution in [-0.2, 0) is 6.54 Å². The monoisotopic (exact) mass is 196 g/mol. The van der Waals surface area contributed by atoms with E-state index in [1.165, 1.54) is 6.42 Å². The van der Waals surface area contributed by atoms with Gasteiger partial charge in [0.2, 0.25) is 0 Å². The Labute approximate surface area is 83.1 Å². The summed E-state index contributed by atoms with van der Waals surface area (Å²) in [6.45, 7) is 4.04. The molecule has 0 aliphatic carbocycles. The first kappa shape index (κ1) is 9.54. The molecule has 6 heteroatoms. The Morgan fingerprint density at radius 3 is 3.07 bits per heavy atom. The van der Waals surface area contributed by atoms with Gasteiger partial charge in [0.15, 0.2) is 5.82 Å². The van der Waals surface area contributed by atoms with Crippen LogP contribution in [0.4, 0.5) is 0 Å². The summed E-state index contributed by atoms with van der Waals surface area (Å²) in [6.07, 6.45) is 1.19. The average Bonchev–Trinajstić information content (AvgIpc) is 2.74. The lowest BCUT2D eigenvalue weighted by atomic mass is 10.2. The van der Waals surface area contributed by atoms with Crippen LogP contribution >= 0.6 is 0 Å². The summed E-state index contributed by atoms with van der Waals surface area (Å²) < 4.78 is 0. The van der Waals surface area contributed by atoms with E-state index in [4.69, 9.17) is 0 Å². The zero-order chi connectivity index (χ0) is 9.97. The van der Waals surface area contributed by atoms with E-state index < -0.39 is 0 Å². The highest BCUT2D eigenvalue weighted by Gasteiger charge is 2.25. The summed E-state index contributed by atoms with van der Waals surface area (Å²) in [5, 5.41) is 17.2. The Kier molecular flexibility index (Phi) is 2.74. The summed E-state index contributed by atoms with van der Waals surface area (Å²) in [6, 6.07) is 1.21. The van der Waals surface area contributed by atoms with Crippen molar-refractivity contribution < 1.29 is 0 Å². The van der Waals surface area contributed by atoms with Crippen molar-refractivity contribution in [2.24, 2.45) is 0 Å². The maximum atomic E-state index is 3.89. The molecule has 0 aromatic carbocycles. The van der Waals surface area contributed by atoms with Crippen molar-refractivity contribution in [2.45, 2.75) is 32.0 Å². The van der Waals surface area contributed by atoms with Gasteiger partial charge in [-0.3, -0.25) is 0 Å². The lowest BCUT2D eigenvalue weighted by Gasteiger charge is -2.12. The number of likely N-dealkylation sites (tertiary alicyclic amines) is 1. The van der Waals surface area contributed by atoms with Crippen LogP contribution in [0.3, 0.4) is 0 Å². The van der Waals surface area contributed by atoms with E-state index in [0.29, 0.717) is 18.6 Å². The van der Waals surface area contributed by atoms with E-state index in [1.54, 1.807) is 0 Å². The highest BCUT2D eigenvalue weighted by molar-refractivity contribution is 4.86. The second kappa shape index (κ2) is 4.02. The molecule has 2 N–H and O–H groups in total. The Hall–Kier alpha value is -1.01. The second-order valence-electron chi connectivity index (χ2n) is 3.93. The Balaban J connectivity index is 1.77. The van der Waals surface area contributed by atoms with E-state index >= 15 is 0 Å². The SMILES string of the molecule is CC1CC(NCc2nn[nH]n2)CN1C. The lowest BCUT2D eigenvalue weighted by Crippen LogP contribution is -2.31. The molecule has 78 valence electrons. The number of nitrogens with zero attached hydrogens (tertiary/aromatic N) is 4. The van der Waals surface area contributed by atoms with E-state index in [9.17, 15) is 0 Å². The molecule has 2 unspecified atom stereocenters. The standard InChI is InChI=1S/C8H16N6/c1-6-3-7(5-14(6)2)9-4-8-10-12-13-11-8/h6-7,9H,3-5H2,1-2H3,(H,10,11,12,13). The van der Waals surface area contributed by atoms with Crippen molar-refractivity contribution in [3.8, 4) is 0 Å². The maximum Gasteiger partial charge on any atom is 0.188 e. The number of rotatable bonds is 3. The van der Waals surface area contributed by atoms with Gasteiger partial charge in [0.25, 0.3) is 0 Å². The third-order valence-corrected chi connectivity index (χ3v) is 2.82. The van der Waals surface area contributed by atoms with E-state index in [2.05, 4.69) is 44.8 Å². The van der Waals surface area contributed by atoms with Gasteiger partial charge in [0, 0.05) is 18.6 Å². The molecule has 14 heavy (non-hydrogen) atoms. The molecule has 6 nitrogen and oxygen atoms in total. The van der Waals surface area contributed by atoms with E-state index in [0.717, 1.165) is 12.4 Å². The zero-order valence-electron chi connectivity index (χ0n) is 8.56. The number of tetrazole rings is 1. The quantitative estimate of drug-likeness (QED) is 0.674. The molecule has 1 aliphatic heterocycles. The van der Waals surface area contributed by atoms with Crippen LogP contribution in [0, 0.1) is 0 Å². The molecule has 0 radical (unpaired) electrons. The van der Waals surface area contributed by atoms with Crippen LogP contribution in [0.5, 0.6) is 0 Å². The van der Waals surface area contributed by atoms with Gasteiger partial charge in [-0.1, -0.05) is 5.21 Å². The third-order valence-electron chi connectivity index (χ3n) is 2.82. The van der Waals surface area contributed by atoms with E-state index in [1.807, 2.05) is 0 Å². The first-order valence-electron chi connectivity index (χ1n) is 4.91. The fraction of sp³-hybridized carbons (Fsp3) is 0.875. The molecule has 1 saturated heterocycles. The normalized spacial score (nSPS) is 28.4. The summed E-state index contributed by atoms with van der Waals surface area (Å²) in [5.41, 5.74) is 0. The van der Waals surface area contributed by atoms with Crippen molar-refractivity contribution >= 4 is 0 Å². The Morgan fingerprint density at radius 2 is 2.50 bits per heavy atom. The van der Waals surface area contributed by atoms with Gasteiger partial charge in [0.1, 0.15) is 0 Å². The van der Waals surface area contributed by atoms with Gasteiger partial charge in [-0.15, -0.1) is 10.2 Å². The molecule has 1 aliphatic rings. The molecule has 0 saturated carbocycles. The highest BCUT2D eigenvalue weighted by atomic mass is 15.5. The lowest BCUT2D eigenvalue weighted by molar-refractivity contribution is 0.326. The first-order chi connectivity index (χ1) is 6.75. The van der Waals surface area contributed by atoms with Crippen LogP contribution in [-0.4, -0.2) is 51.2 Å². The average molecular weight is 196 g/mol. The molecule has 1 aromatic rings. The predicted molar refractivity (Wildman–Crippen MR) is 51.5 cm³/mol. The maximum absolute atomic E-state index is 3.89. The number of likely N-dealkylation sites (N-methyl/N-ethyl adjacent to an activating group) is 1. The molecule has 0 amide bonds. The number of H-pyrrole nitrogens is 1. The van der Waals surface area contributed by atoms with Crippen molar-refractivity contribution in [3.63, 3.8) is 0 Å². The summed E-state index contributed by atoms with van der Waals surface area (Å²) >= 11 is 0. The fourth-order valence-corrected chi connectivity index (χ4v) is 1.83. The van der Waals surface area contributed by atoms with Gasteiger partial charge in [-0.2, -0.15) is 5.21 Å². The zero-order valence-corrected chi connectivity index (χ0v) is 8.56. The number of aromatic amines is 1. The van der Waals surface area contributed by atoms with Gasteiger partial charge in [0.05, 0.1) is 6.54 Å². The molecule has 0 bridgehead atoms. The van der Waals surface area contributed by atoms with Crippen LogP contribution in [0.1, 0.15) is 19.2 Å².